The number of benzene rings is 1. The Balaban J connectivity index is 0.000000655. The fourth-order valence-electron chi connectivity index (χ4n) is 5.04. The van der Waals surface area contributed by atoms with Gasteiger partial charge in [-0.15, -0.1) is 0 Å². The van der Waals surface area contributed by atoms with Crippen molar-refractivity contribution in [3.8, 4) is 5.75 Å². The van der Waals surface area contributed by atoms with Crippen LogP contribution in [0, 0.1) is 5.41 Å². The van der Waals surface area contributed by atoms with Crippen LogP contribution < -0.4 is 4.74 Å². The van der Waals surface area contributed by atoms with Crippen molar-refractivity contribution in [2.45, 2.75) is 44.9 Å². The molecule has 194 valence electrons. The minimum atomic E-state index is -0.250. The summed E-state index contributed by atoms with van der Waals surface area (Å²) in [5.41, 5.74) is 1.57. The van der Waals surface area contributed by atoms with Gasteiger partial charge in [-0.05, 0) is 57.3 Å². The van der Waals surface area contributed by atoms with Crippen LogP contribution in [-0.2, 0) is 22.7 Å². The van der Waals surface area contributed by atoms with Gasteiger partial charge in [-0.2, -0.15) is 0 Å². The van der Waals surface area contributed by atoms with Crippen LogP contribution in [0.4, 0.5) is 0 Å². The topological polar surface area (TPSA) is 128 Å². The molecule has 4 rings (SSSR count). The minimum Gasteiger partial charge on any atom is -0.493 e. The highest BCUT2D eigenvalue weighted by Gasteiger charge is 2.40. The average Bonchev–Trinajstić information content (AvgIpc) is 3.33. The molecule has 1 atom stereocenters. The van der Waals surface area contributed by atoms with Crippen LogP contribution in [0.1, 0.15) is 31.2 Å². The Morgan fingerprint density at radius 3 is 2.49 bits per heavy atom. The van der Waals surface area contributed by atoms with Gasteiger partial charge in [0.2, 0.25) is 0 Å². The number of hydrogen-bond acceptors (Lipinski definition) is 7. The quantitative estimate of drug-likeness (QED) is 0.394. The molecule has 35 heavy (non-hydrogen) atoms. The number of ether oxygens (including phenoxy) is 1. The molecule has 2 aliphatic heterocycles. The van der Waals surface area contributed by atoms with E-state index in [1.807, 2.05) is 18.7 Å². The van der Waals surface area contributed by atoms with E-state index in [1.54, 1.807) is 0 Å². The number of aryl methyl sites for hydroxylation is 1. The molecular weight excluding hydrogens is 452 g/mol. The van der Waals surface area contributed by atoms with Gasteiger partial charge in [0.15, 0.2) is 0 Å². The van der Waals surface area contributed by atoms with Crippen molar-refractivity contribution in [2.24, 2.45) is 5.41 Å². The van der Waals surface area contributed by atoms with Gasteiger partial charge in [0.25, 0.3) is 12.9 Å². The Hall–Kier alpha value is -2.95. The largest absolute Gasteiger partial charge is 0.493 e. The Morgan fingerprint density at radius 1 is 1.17 bits per heavy atom. The predicted molar refractivity (Wildman–Crippen MR) is 131 cm³/mol. The van der Waals surface area contributed by atoms with Gasteiger partial charge in [0.05, 0.1) is 19.0 Å². The summed E-state index contributed by atoms with van der Waals surface area (Å²) in [6.07, 6.45) is 9.74. The monoisotopic (exact) mass is 490 g/mol. The van der Waals surface area contributed by atoms with Gasteiger partial charge in [0.1, 0.15) is 5.75 Å². The number of aromatic nitrogens is 2. The number of β-amino-alcohol motifs (C(OH)–C–C–N with tert-alkyl or cyclic N) is 1. The lowest BCUT2D eigenvalue weighted by Crippen LogP contribution is -2.52. The van der Waals surface area contributed by atoms with Gasteiger partial charge >= 0.3 is 0 Å². The van der Waals surface area contributed by atoms with Crippen LogP contribution >= 0.6 is 0 Å². The van der Waals surface area contributed by atoms with E-state index >= 15 is 0 Å². The van der Waals surface area contributed by atoms with Crippen molar-refractivity contribution in [1.29, 1.82) is 0 Å². The molecule has 0 aliphatic carbocycles. The maximum absolute atomic E-state index is 10.2. The van der Waals surface area contributed by atoms with Crippen molar-refractivity contribution < 1.29 is 29.6 Å². The summed E-state index contributed by atoms with van der Waals surface area (Å²) in [4.78, 5) is 25.6. The first-order valence-electron chi connectivity index (χ1n) is 11.9. The van der Waals surface area contributed by atoms with Crippen LogP contribution in [0.25, 0.3) is 0 Å². The summed E-state index contributed by atoms with van der Waals surface area (Å²) < 4.78 is 8.20. The number of likely N-dealkylation sites (tertiary alicyclic amines) is 2. The molecule has 0 saturated carbocycles. The third-order valence-corrected chi connectivity index (χ3v) is 6.46. The van der Waals surface area contributed by atoms with E-state index in [-0.39, 0.29) is 19.0 Å². The fraction of sp³-hybridized carbons (Fsp3) is 0.560. The van der Waals surface area contributed by atoms with Crippen LogP contribution in [-0.4, -0.2) is 93.6 Å². The minimum absolute atomic E-state index is 0.170. The summed E-state index contributed by atoms with van der Waals surface area (Å²) in [6, 6.07) is 8.43. The molecule has 0 radical (unpaired) electrons. The number of nitrogens with zero attached hydrogens (tertiary/aromatic N) is 4. The van der Waals surface area contributed by atoms with Gasteiger partial charge in [-0.25, -0.2) is 4.98 Å². The van der Waals surface area contributed by atoms with E-state index in [0.717, 1.165) is 57.9 Å². The highest BCUT2D eigenvalue weighted by atomic mass is 16.5. The molecule has 2 saturated heterocycles. The number of imidazole rings is 1. The Labute approximate surface area is 206 Å². The zero-order chi connectivity index (χ0) is 25.5. The molecule has 0 amide bonds. The molecule has 10 nitrogen and oxygen atoms in total. The number of aliphatic hydroxyl groups excluding tert-OH is 1. The van der Waals surface area contributed by atoms with E-state index in [9.17, 15) is 5.11 Å². The molecule has 3 N–H and O–H groups in total. The number of rotatable bonds is 7. The van der Waals surface area contributed by atoms with Gasteiger partial charge in [-0.1, -0.05) is 18.2 Å². The zero-order valence-electron chi connectivity index (χ0n) is 20.4. The van der Waals surface area contributed by atoms with Gasteiger partial charge < -0.3 is 29.5 Å². The van der Waals surface area contributed by atoms with E-state index < -0.39 is 0 Å². The van der Waals surface area contributed by atoms with Crippen molar-refractivity contribution >= 4 is 12.9 Å². The van der Waals surface area contributed by atoms with Crippen molar-refractivity contribution in [3.63, 3.8) is 0 Å². The maximum Gasteiger partial charge on any atom is 0.290 e. The van der Waals surface area contributed by atoms with Crippen molar-refractivity contribution in [2.75, 3.05) is 39.8 Å². The molecule has 1 unspecified atom stereocenters. The normalized spacial score (nSPS) is 19.5. The first-order chi connectivity index (χ1) is 16.9. The molecule has 1 aromatic heterocycles. The number of carbonyl (C=O) groups is 2. The van der Waals surface area contributed by atoms with Crippen molar-refractivity contribution in [1.82, 2.24) is 19.4 Å². The summed E-state index contributed by atoms with van der Waals surface area (Å²) in [6.45, 7) is 6.20. The molecule has 2 fully saturated rings. The fourth-order valence-corrected chi connectivity index (χ4v) is 5.04. The number of piperidine rings is 2. The molecule has 0 bridgehead atoms. The van der Waals surface area contributed by atoms with E-state index in [4.69, 9.17) is 24.5 Å². The standard InChI is InChI=1S/C23H34N4O2.2CH2O2/c1-25-17-21(28)15-23(18-25)7-11-26(12-8-23)16-20-5-2-3-6-22(20)29-14-4-10-27-13-9-24-19-27;2*2-1-3/h2-3,5-6,9,13,19,21,28H,4,7-8,10-12,14-18H2,1H3;2*1H,(H,2,3). The molecule has 10 heteroatoms. The molecule has 2 aromatic rings. The first kappa shape index (κ1) is 28.3. The smallest absolute Gasteiger partial charge is 0.290 e. The van der Waals surface area contributed by atoms with E-state index in [0.29, 0.717) is 12.0 Å². The second kappa shape index (κ2) is 15.1. The van der Waals surface area contributed by atoms with E-state index in [1.165, 1.54) is 18.4 Å². The SMILES string of the molecule is CN1CC(O)CC2(CCN(Cc3ccccc3OCCCn3ccnc3)CC2)C1.O=CO.O=CO. The highest BCUT2D eigenvalue weighted by Crippen LogP contribution is 2.40. The summed E-state index contributed by atoms with van der Waals surface area (Å²) >= 11 is 0. The average molecular weight is 491 g/mol. The molecule has 2 aliphatic rings. The highest BCUT2D eigenvalue weighted by molar-refractivity contribution is 5.33. The first-order valence-corrected chi connectivity index (χ1v) is 11.9. The van der Waals surface area contributed by atoms with E-state index in [2.05, 4.69) is 50.7 Å². The van der Waals surface area contributed by atoms with Gasteiger partial charge in [-0.3, -0.25) is 14.5 Å². The van der Waals surface area contributed by atoms with Crippen LogP contribution in [0.15, 0.2) is 43.0 Å². The lowest BCUT2D eigenvalue weighted by molar-refractivity contribution is -0.123. The van der Waals surface area contributed by atoms with Crippen LogP contribution in [0.3, 0.4) is 0 Å². The molecular formula is C25H38N4O6. The molecule has 1 aromatic carbocycles. The summed E-state index contributed by atoms with van der Waals surface area (Å²) in [5, 5.41) is 24.0. The Bertz CT molecular complexity index is 837. The zero-order valence-corrected chi connectivity index (χ0v) is 20.4. The lowest BCUT2D eigenvalue weighted by atomic mass is 9.71. The van der Waals surface area contributed by atoms with Crippen molar-refractivity contribution in [3.05, 3.63) is 48.5 Å². The number of hydrogen-bond donors (Lipinski definition) is 3. The Kier molecular flexibility index (Phi) is 12.2. The number of likely N-dealkylation sites (N-methyl/N-ethyl adjacent to an activating group) is 1. The molecule has 1 spiro atoms. The number of para-hydroxylation sites is 1. The summed E-state index contributed by atoms with van der Waals surface area (Å²) in [7, 11) is 2.14. The third-order valence-electron chi connectivity index (χ3n) is 6.46. The number of aliphatic hydroxyl groups is 1. The number of carboxylic acid groups (broad SMARTS) is 2. The predicted octanol–water partition coefficient (Wildman–Crippen LogP) is 2.03. The van der Waals surface area contributed by atoms with Gasteiger partial charge in [0, 0.05) is 44.1 Å². The summed E-state index contributed by atoms with van der Waals surface area (Å²) in [5.74, 6) is 1.01. The van der Waals surface area contributed by atoms with Crippen LogP contribution in [0.2, 0.25) is 0 Å². The maximum atomic E-state index is 10.2. The lowest BCUT2D eigenvalue weighted by Gasteiger charge is -2.48. The van der Waals surface area contributed by atoms with Crippen LogP contribution in [0.5, 0.6) is 5.75 Å². The second-order valence-corrected chi connectivity index (χ2v) is 9.15. The molecule has 3 heterocycles. The second-order valence-electron chi connectivity index (χ2n) is 9.15. The Morgan fingerprint density at radius 2 is 1.86 bits per heavy atom. The third kappa shape index (κ3) is 9.67.